The Morgan fingerprint density at radius 2 is 1.57 bits per heavy atom. The number of hydrogen-bond acceptors (Lipinski definition) is 17. The molecule has 6 aliphatic heterocycles. The highest BCUT2D eigenvalue weighted by atomic mass is 16.6. The number of aliphatic hydroxyl groups is 2. The van der Waals surface area contributed by atoms with Crippen molar-refractivity contribution >= 4 is 52.5 Å². The van der Waals surface area contributed by atoms with Gasteiger partial charge in [0.25, 0.3) is 5.91 Å². The topological polar surface area (TPSA) is 243 Å². The van der Waals surface area contributed by atoms with Gasteiger partial charge >= 0.3 is 17.9 Å². The number of anilines is 1. The molecule has 488 valence electrons. The minimum atomic E-state index is -2.53. The average Bonchev–Trinajstić information content (AvgIpc) is 1.51. The van der Waals surface area contributed by atoms with Gasteiger partial charge in [0.05, 0.1) is 69.5 Å². The van der Waals surface area contributed by atoms with E-state index in [1.54, 1.807) is 16.8 Å². The van der Waals surface area contributed by atoms with Crippen molar-refractivity contribution in [3.8, 4) is 28.3 Å². The van der Waals surface area contributed by atoms with Crippen molar-refractivity contribution in [2.45, 2.75) is 106 Å². The van der Waals surface area contributed by atoms with Crippen LogP contribution in [-0.4, -0.2) is 198 Å². The summed E-state index contributed by atoms with van der Waals surface area (Å²) >= 11 is 0. The van der Waals surface area contributed by atoms with Crippen molar-refractivity contribution in [3.63, 3.8) is 0 Å². The maximum atomic E-state index is 15.3. The van der Waals surface area contributed by atoms with Crippen LogP contribution in [0, 0.1) is 11.3 Å². The van der Waals surface area contributed by atoms with Crippen molar-refractivity contribution in [2.75, 3.05) is 98.3 Å². The Morgan fingerprint density at radius 3 is 2.27 bits per heavy atom. The van der Waals surface area contributed by atoms with Crippen LogP contribution in [0.1, 0.15) is 92.0 Å². The summed E-state index contributed by atoms with van der Waals surface area (Å²) in [6.45, 7) is 13.2. The lowest BCUT2D eigenvalue weighted by Crippen LogP contribution is -2.81. The first-order valence-electron chi connectivity index (χ1n) is 32.6. The monoisotopic (exact) mass is 1270 g/mol. The summed E-state index contributed by atoms with van der Waals surface area (Å²) in [6, 6.07) is 32.1. The van der Waals surface area contributed by atoms with Crippen LogP contribution in [0.4, 0.5) is 5.69 Å². The Kier molecular flexibility index (Phi) is 17.2. The largest absolute Gasteiger partial charge is 0.496 e. The molecule has 2 bridgehead atoms. The molecule has 1 saturated carbocycles. The third kappa shape index (κ3) is 10.4. The van der Waals surface area contributed by atoms with Crippen LogP contribution in [-0.2, 0) is 55.4 Å². The molecule has 93 heavy (non-hydrogen) atoms. The van der Waals surface area contributed by atoms with Gasteiger partial charge in [-0.05, 0) is 93.3 Å². The molecule has 7 aliphatic rings. The van der Waals surface area contributed by atoms with E-state index in [1.165, 1.54) is 33.2 Å². The summed E-state index contributed by atoms with van der Waals surface area (Å²) in [5, 5.41) is 33.8. The number of para-hydroxylation sites is 1. The van der Waals surface area contributed by atoms with Gasteiger partial charge in [0, 0.05) is 109 Å². The maximum Gasteiger partial charge on any atom is 0.344 e. The van der Waals surface area contributed by atoms with Gasteiger partial charge in [-0.1, -0.05) is 105 Å². The number of rotatable bonds is 15. The summed E-state index contributed by atoms with van der Waals surface area (Å²) in [4.78, 5) is 86.4. The van der Waals surface area contributed by atoms with E-state index < -0.39 is 63.5 Å². The van der Waals surface area contributed by atoms with Crippen LogP contribution in [0.5, 0.6) is 5.75 Å². The Balaban J connectivity index is 0.000000201. The van der Waals surface area contributed by atoms with E-state index in [-0.39, 0.29) is 18.2 Å². The summed E-state index contributed by atoms with van der Waals surface area (Å²) in [6.07, 6.45) is 8.34. The van der Waals surface area contributed by atoms with E-state index in [2.05, 4.69) is 36.2 Å². The van der Waals surface area contributed by atoms with E-state index in [0.29, 0.717) is 117 Å². The number of methoxy groups -OCH3 is 3. The number of fused-ring (bicyclic) bond motifs is 7. The number of amides is 2. The van der Waals surface area contributed by atoms with E-state index in [1.807, 2.05) is 117 Å². The molecule has 4 fully saturated rings. The number of nitrogens with zero attached hydrogens (tertiary/aromatic N) is 7. The number of carbonyl (C=O) groups excluding carboxylic acids is 5. The van der Waals surface area contributed by atoms with Gasteiger partial charge in [0.15, 0.2) is 11.8 Å². The summed E-state index contributed by atoms with van der Waals surface area (Å²) in [5.74, 6) is -2.21. The number of morpholine rings is 1. The Bertz CT molecular complexity index is 4020. The number of carbonyl (C=O) groups is 5. The Labute approximate surface area is 541 Å². The number of nitrogens with one attached hydrogen (secondary N) is 2. The molecule has 10 atom stereocenters. The van der Waals surface area contributed by atoms with E-state index in [9.17, 15) is 29.4 Å². The third-order valence-electron chi connectivity index (χ3n) is 21.4. The quantitative estimate of drug-likeness (QED) is 0.0265. The number of aromatic nitrogens is 4. The number of aromatic amines is 1. The summed E-state index contributed by atoms with van der Waals surface area (Å²) in [5.41, 5.74) is 1.60. The molecule has 21 nitrogen and oxygen atoms in total. The lowest BCUT2D eigenvalue weighted by molar-refractivity contribution is -0.228. The minimum Gasteiger partial charge on any atom is -0.496 e. The molecule has 9 heterocycles. The van der Waals surface area contributed by atoms with Crippen molar-refractivity contribution in [3.05, 3.63) is 149 Å². The second-order valence-electron chi connectivity index (χ2n) is 26.2. The minimum absolute atomic E-state index is 0.149. The molecule has 2 amide bonds. The molecule has 21 heteroatoms. The van der Waals surface area contributed by atoms with Gasteiger partial charge in [-0.3, -0.25) is 33.9 Å². The zero-order valence-electron chi connectivity index (χ0n) is 53.8. The van der Waals surface area contributed by atoms with E-state index in [0.717, 1.165) is 78.2 Å². The van der Waals surface area contributed by atoms with Crippen molar-refractivity contribution < 1.29 is 57.9 Å². The van der Waals surface area contributed by atoms with Crippen molar-refractivity contribution in [1.82, 2.24) is 39.6 Å². The summed E-state index contributed by atoms with van der Waals surface area (Å²) in [7, 11) is 4.09. The highest BCUT2D eigenvalue weighted by molar-refractivity contribution is 6.00. The Morgan fingerprint density at radius 1 is 0.839 bits per heavy atom. The molecule has 4 aromatic carbocycles. The first-order chi connectivity index (χ1) is 45.1. The first-order valence-corrected chi connectivity index (χ1v) is 32.6. The third-order valence-corrected chi connectivity index (χ3v) is 21.4. The predicted molar refractivity (Wildman–Crippen MR) is 349 cm³/mol. The van der Waals surface area contributed by atoms with Gasteiger partial charge in [0.1, 0.15) is 16.7 Å². The van der Waals surface area contributed by atoms with Crippen LogP contribution in [0.2, 0.25) is 0 Å². The van der Waals surface area contributed by atoms with Gasteiger partial charge in [-0.2, -0.15) is 5.10 Å². The van der Waals surface area contributed by atoms with Crippen LogP contribution in [0.3, 0.4) is 0 Å². The standard InChI is InChI=1S/C46H56N4O10.C26H27N5O2/c1-7-42(55)22-28-23-45(40(53)58-5,36-30(14-18-48(24-28)25-42)29-12-9-10-13-33(29)47-36)32-20-31-34(21-35(32)57-4)50(26-51)38-44(31)16-19-49-17-11-15-43(8-2,37(44)49)39(60-27(3)52)46(38,56)41(54)59-6;32-26(27-12-7-13-30-14-16-33-17-15-30)22-19-28-31-24(21-10-5-2-6-11-21)18-23(29-25(22)31)20-8-3-1-4-9-20/h9-13,15,20-21,26,28,37-39,47,55-56H,7-8,14,16-19,22-25H2,1-6H3;1-6,8-11,18-19H,7,12-17H2,(H,27,32)/t28-,37-,38+,39+,42-,43+,44+,45-,46-;/m0./s1. The lowest BCUT2D eigenvalue weighted by Gasteiger charge is -2.63. The molecular formula is C72H83N9O12. The number of hydrogen-bond donors (Lipinski definition) is 4. The molecular weight excluding hydrogens is 1180 g/mol. The molecule has 3 saturated heterocycles. The van der Waals surface area contributed by atoms with E-state index in [4.69, 9.17) is 28.7 Å². The second-order valence-corrected chi connectivity index (χ2v) is 26.2. The smallest absolute Gasteiger partial charge is 0.344 e. The van der Waals surface area contributed by atoms with Crippen LogP contribution in [0.15, 0.2) is 121 Å². The van der Waals surface area contributed by atoms with Gasteiger partial charge in [-0.15, -0.1) is 0 Å². The van der Waals surface area contributed by atoms with Gasteiger partial charge in [0.2, 0.25) is 12.0 Å². The van der Waals surface area contributed by atoms with Crippen molar-refractivity contribution in [2.24, 2.45) is 11.3 Å². The van der Waals surface area contributed by atoms with E-state index >= 15 is 4.79 Å². The fourth-order valence-corrected chi connectivity index (χ4v) is 17.5. The van der Waals surface area contributed by atoms with Crippen molar-refractivity contribution in [1.29, 1.82) is 0 Å². The molecule has 1 spiro atoms. The molecule has 4 N–H and O–H groups in total. The van der Waals surface area contributed by atoms with Crippen LogP contribution >= 0.6 is 0 Å². The molecule has 1 unspecified atom stereocenters. The zero-order valence-corrected chi connectivity index (χ0v) is 53.8. The highest BCUT2D eigenvalue weighted by Crippen LogP contribution is 2.68. The number of H-pyrrole nitrogens is 1. The molecule has 3 aromatic heterocycles. The SMILES string of the molecule is CC[C@]1(O)C[C@@H]2CN(CCc3c([nH]c4ccccc34)[C@@](C(=O)OC)(c3cc4c(cc3OC)N(C=O)[C@H]3[C@@](O)(C(=O)OC)[C@H](OC(C)=O)[C@]5(CC)C=CCN6CC[C@]43[C@@H]65)C2)C1.O=C(NCCCN1CCOCC1)c1cnn2c(-c3ccccc3)cc(-c3ccccc3)nc12. The molecule has 7 aromatic rings. The number of esters is 3. The Hall–Kier alpha value is -8.31. The molecule has 1 aliphatic carbocycles. The summed E-state index contributed by atoms with van der Waals surface area (Å²) < 4.78 is 30.8. The fraction of sp³-hybridized carbons (Fsp3) is 0.458. The molecule has 0 radical (unpaired) electrons. The zero-order chi connectivity index (χ0) is 65.0. The van der Waals surface area contributed by atoms with Crippen LogP contribution < -0.4 is 15.0 Å². The average molecular weight is 1270 g/mol. The first kappa shape index (κ1) is 63.4. The second kappa shape index (κ2) is 25.2. The lowest BCUT2D eigenvalue weighted by atomic mass is 9.47. The normalized spacial score (nSPS) is 28.6. The fourth-order valence-electron chi connectivity index (χ4n) is 17.5. The number of ether oxygens (including phenoxy) is 5. The number of benzene rings is 4. The van der Waals surface area contributed by atoms with Crippen LogP contribution in [0.25, 0.3) is 39.1 Å². The van der Waals surface area contributed by atoms with Gasteiger partial charge < -0.3 is 49.1 Å². The highest BCUT2D eigenvalue weighted by Gasteiger charge is 2.81. The molecule has 14 rings (SSSR count). The maximum absolute atomic E-state index is 15.3. The number of piperidine rings is 1. The predicted octanol–water partition coefficient (Wildman–Crippen LogP) is 7.03. The van der Waals surface area contributed by atoms with Gasteiger partial charge in [-0.25, -0.2) is 14.3 Å².